The van der Waals surface area contributed by atoms with Gasteiger partial charge in [-0.25, -0.2) is 4.79 Å². The number of nitrogen functional groups attached to an aromatic ring is 1. The summed E-state index contributed by atoms with van der Waals surface area (Å²) in [7, 11) is 3.10. The second-order valence-electron chi connectivity index (χ2n) is 4.42. The largest absolute Gasteiger partial charge is 0.497 e. The maximum Gasteiger partial charge on any atom is 0.338 e. The fourth-order valence-electron chi connectivity index (χ4n) is 1.85. The van der Waals surface area contributed by atoms with Crippen molar-refractivity contribution in [1.82, 2.24) is 0 Å². The number of hydrogen-bond donors (Lipinski definition) is 1. The number of benzene rings is 2. The topological polar surface area (TPSA) is 70.8 Å². The van der Waals surface area contributed by atoms with Crippen LogP contribution in [0.2, 0.25) is 0 Å². The first-order chi connectivity index (χ1) is 10.1. The Hall–Kier alpha value is -2.69. The fourth-order valence-corrected chi connectivity index (χ4v) is 1.85. The van der Waals surface area contributed by atoms with Gasteiger partial charge in [-0.3, -0.25) is 0 Å². The van der Waals surface area contributed by atoms with Crippen LogP contribution in [0.25, 0.3) is 0 Å². The first-order valence-corrected chi connectivity index (χ1v) is 6.37. The number of carbonyl (C=O) groups excluding carboxylic acids is 1. The quantitative estimate of drug-likeness (QED) is 0.676. The molecule has 0 unspecified atom stereocenters. The van der Waals surface area contributed by atoms with E-state index < -0.39 is 5.97 Å². The number of hydrogen-bond acceptors (Lipinski definition) is 5. The van der Waals surface area contributed by atoms with Crippen molar-refractivity contribution < 1.29 is 19.0 Å². The van der Waals surface area contributed by atoms with Crippen LogP contribution >= 0.6 is 0 Å². The number of carbonyl (C=O) groups is 1. The summed E-state index contributed by atoms with van der Waals surface area (Å²) in [6, 6.07) is 12.1. The Morgan fingerprint density at radius 2 is 1.81 bits per heavy atom. The lowest BCUT2D eigenvalue weighted by Gasteiger charge is -2.08. The van der Waals surface area contributed by atoms with E-state index in [1.165, 1.54) is 7.11 Å². The Labute approximate surface area is 123 Å². The SMILES string of the molecule is COc1cccc(COC(=O)c2cc(N)cc(OC)c2)c1. The van der Waals surface area contributed by atoms with Gasteiger partial charge in [0.05, 0.1) is 19.8 Å². The molecule has 5 nitrogen and oxygen atoms in total. The van der Waals surface area contributed by atoms with Crippen LogP contribution in [0.1, 0.15) is 15.9 Å². The molecule has 2 N–H and O–H groups in total. The zero-order valence-electron chi connectivity index (χ0n) is 12.0. The van der Waals surface area contributed by atoms with Crippen molar-refractivity contribution in [2.75, 3.05) is 20.0 Å². The summed E-state index contributed by atoms with van der Waals surface area (Å²) in [5, 5.41) is 0. The normalized spacial score (nSPS) is 10.0. The molecule has 0 radical (unpaired) electrons. The van der Waals surface area contributed by atoms with E-state index in [4.69, 9.17) is 19.9 Å². The maximum absolute atomic E-state index is 12.0. The van der Waals surface area contributed by atoms with Crippen LogP contribution in [0.15, 0.2) is 42.5 Å². The van der Waals surface area contributed by atoms with E-state index >= 15 is 0 Å². The van der Waals surface area contributed by atoms with Crippen molar-refractivity contribution >= 4 is 11.7 Å². The van der Waals surface area contributed by atoms with Crippen LogP contribution in [-0.2, 0) is 11.3 Å². The molecule has 0 spiro atoms. The third-order valence-electron chi connectivity index (χ3n) is 2.90. The summed E-state index contributed by atoms with van der Waals surface area (Å²) in [5.41, 5.74) is 7.36. The number of ether oxygens (including phenoxy) is 3. The number of rotatable bonds is 5. The molecule has 0 amide bonds. The molecule has 0 saturated heterocycles. The number of esters is 1. The molecule has 0 bridgehead atoms. The summed E-state index contributed by atoms with van der Waals surface area (Å²) in [5.74, 6) is 0.779. The first kappa shape index (κ1) is 14.7. The third-order valence-corrected chi connectivity index (χ3v) is 2.90. The first-order valence-electron chi connectivity index (χ1n) is 6.37. The summed E-state index contributed by atoms with van der Waals surface area (Å²) in [6.45, 7) is 0.160. The van der Waals surface area contributed by atoms with Gasteiger partial charge in [0.2, 0.25) is 0 Å². The number of nitrogens with two attached hydrogens (primary N) is 1. The molecular formula is C16H17NO4. The highest BCUT2D eigenvalue weighted by molar-refractivity contribution is 5.91. The number of methoxy groups -OCH3 is 2. The van der Waals surface area contributed by atoms with E-state index in [0.29, 0.717) is 22.7 Å². The van der Waals surface area contributed by atoms with Crippen molar-refractivity contribution in [2.24, 2.45) is 0 Å². The molecule has 0 aliphatic carbocycles. The lowest BCUT2D eigenvalue weighted by atomic mass is 10.2. The molecule has 0 aliphatic rings. The molecule has 2 aromatic carbocycles. The van der Waals surface area contributed by atoms with E-state index in [1.54, 1.807) is 25.3 Å². The highest BCUT2D eigenvalue weighted by Gasteiger charge is 2.10. The van der Waals surface area contributed by atoms with E-state index in [-0.39, 0.29) is 6.61 Å². The van der Waals surface area contributed by atoms with Gasteiger partial charge in [0, 0.05) is 11.8 Å². The standard InChI is InChI=1S/C16H17NO4/c1-19-14-5-3-4-11(6-14)10-21-16(18)12-7-13(17)9-15(8-12)20-2/h3-9H,10,17H2,1-2H3. The molecule has 21 heavy (non-hydrogen) atoms. The Morgan fingerprint density at radius 1 is 1.05 bits per heavy atom. The van der Waals surface area contributed by atoms with Crippen molar-refractivity contribution in [3.63, 3.8) is 0 Å². The summed E-state index contributed by atoms with van der Waals surface area (Å²) in [6.07, 6.45) is 0. The van der Waals surface area contributed by atoms with Crippen molar-refractivity contribution in [2.45, 2.75) is 6.61 Å². The van der Waals surface area contributed by atoms with Gasteiger partial charge in [-0.15, -0.1) is 0 Å². The molecule has 0 aromatic heterocycles. The summed E-state index contributed by atoms with van der Waals surface area (Å²) >= 11 is 0. The smallest absolute Gasteiger partial charge is 0.338 e. The maximum atomic E-state index is 12.0. The van der Waals surface area contributed by atoms with Crippen molar-refractivity contribution in [1.29, 1.82) is 0 Å². The molecule has 0 saturated carbocycles. The summed E-state index contributed by atoms with van der Waals surface area (Å²) < 4.78 is 15.5. The molecule has 5 heteroatoms. The van der Waals surface area contributed by atoms with Gasteiger partial charge in [0.15, 0.2) is 0 Å². The minimum absolute atomic E-state index is 0.160. The molecule has 0 atom stereocenters. The molecular weight excluding hydrogens is 270 g/mol. The van der Waals surface area contributed by atoms with Gasteiger partial charge in [0.25, 0.3) is 0 Å². The van der Waals surface area contributed by atoms with Crippen LogP contribution in [0.3, 0.4) is 0 Å². The highest BCUT2D eigenvalue weighted by atomic mass is 16.5. The second kappa shape index (κ2) is 6.65. The van der Waals surface area contributed by atoms with Gasteiger partial charge in [-0.2, -0.15) is 0 Å². The fraction of sp³-hybridized carbons (Fsp3) is 0.188. The second-order valence-corrected chi connectivity index (χ2v) is 4.42. The van der Waals surface area contributed by atoms with Crippen molar-refractivity contribution in [3.05, 3.63) is 53.6 Å². The van der Waals surface area contributed by atoms with E-state index in [0.717, 1.165) is 5.56 Å². The van der Waals surface area contributed by atoms with Crippen LogP contribution in [0, 0.1) is 0 Å². The van der Waals surface area contributed by atoms with Crippen LogP contribution in [-0.4, -0.2) is 20.2 Å². The molecule has 0 fully saturated rings. The highest BCUT2D eigenvalue weighted by Crippen LogP contribution is 2.20. The average molecular weight is 287 g/mol. The summed E-state index contributed by atoms with van der Waals surface area (Å²) in [4.78, 5) is 12.0. The Bertz CT molecular complexity index is 640. The van der Waals surface area contributed by atoms with Crippen LogP contribution < -0.4 is 15.2 Å². The zero-order valence-corrected chi connectivity index (χ0v) is 12.0. The monoisotopic (exact) mass is 287 g/mol. The van der Waals surface area contributed by atoms with E-state index in [1.807, 2.05) is 24.3 Å². The van der Waals surface area contributed by atoms with E-state index in [9.17, 15) is 4.79 Å². The van der Waals surface area contributed by atoms with Crippen LogP contribution in [0.5, 0.6) is 11.5 Å². The Balaban J connectivity index is 2.06. The molecule has 0 heterocycles. The zero-order chi connectivity index (χ0) is 15.2. The lowest BCUT2D eigenvalue weighted by molar-refractivity contribution is 0.0472. The van der Waals surface area contributed by atoms with Crippen molar-refractivity contribution in [3.8, 4) is 11.5 Å². The van der Waals surface area contributed by atoms with Crippen LogP contribution in [0.4, 0.5) is 5.69 Å². The average Bonchev–Trinajstić information content (AvgIpc) is 2.52. The number of anilines is 1. The molecule has 110 valence electrons. The predicted molar refractivity (Wildman–Crippen MR) is 79.5 cm³/mol. The van der Waals surface area contributed by atoms with Gasteiger partial charge in [-0.1, -0.05) is 12.1 Å². The Morgan fingerprint density at radius 3 is 2.52 bits per heavy atom. The Kier molecular flexibility index (Phi) is 4.66. The molecule has 2 rings (SSSR count). The van der Waals surface area contributed by atoms with Gasteiger partial charge in [-0.05, 0) is 29.8 Å². The minimum atomic E-state index is -0.455. The van der Waals surface area contributed by atoms with E-state index in [2.05, 4.69) is 0 Å². The lowest BCUT2D eigenvalue weighted by Crippen LogP contribution is -2.06. The molecule has 0 aliphatic heterocycles. The van der Waals surface area contributed by atoms with Gasteiger partial charge in [0.1, 0.15) is 18.1 Å². The van der Waals surface area contributed by atoms with Gasteiger partial charge >= 0.3 is 5.97 Å². The van der Waals surface area contributed by atoms with Gasteiger partial charge < -0.3 is 19.9 Å². The predicted octanol–water partition coefficient (Wildman–Crippen LogP) is 2.64. The third kappa shape index (κ3) is 3.89. The molecule has 2 aromatic rings. The minimum Gasteiger partial charge on any atom is -0.497 e.